The van der Waals surface area contributed by atoms with Crippen molar-refractivity contribution in [1.29, 1.82) is 0 Å². The molecule has 2 saturated heterocycles. The molecule has 1 unspecified atom stereocenters. The predicted octanol–water partition coefficient (Wildman–Crippen LogP) is 2.60. The number of likely N-dealkylation sites (tertiary alicyclic amines) is 2. The number of hydrogen-bond acceptors (Lipinski definition) is 5. The van der Waals surface area contributed by atoms with Gasteiger partial charge >= 0.3 is 0 Å². The van der Waals surface area contributed by atoms with Crippen LogP contribution in [0.1, 0.15) is 32.2 Å². The predicted molar refractivity (Wildman–Crippen MR) is 93.6 cm³/mol. The summed E-state index contributed by atoms with van der Waals surface area (Å²) in [4.78, 5) is 16.4. The quantitative estimate of drug-likeness (QED) is 0.859. The molecule has 3 heterocycles. The van der Waals surface area contributed by atoms with Crippen LogP contribution in [0.4, 0.5) is 0 Å². The maximum atomic E-state index is 12.1. The van der Waals surface area contributed by atoms with Crippen LogP contribution in [0.15, 0.2) is 34.7 Å². The second-order valence-corrected chi connectivity index (χ2v) is 7.80. The Morgan fingerprint density at radius 2 is 1.92 bits per heavy atom. The lowest BCUT2D eigenvalue weighted by Crippen LogP contribution is -2.60. The second kappa shape index (κ2) is 5.95. The lowest BCUT2D eigenvalue weighted by atomic mass is 9.77. The summed E-state index contributed by atoms with van der Waals surface area (Å²) >= 11 is 0. The Kier molecular flexibility index (Phi) is 3.87. The fourth-order valence-electron chi connectivity index (χ4n) is 4.13. The topological polar surface area (TPSA) is 62.5 Å². The van der Waals surface area contributed by atoms with Crippen molar-refractivity contribution in [3.05, 3.63) is 36.2 Å². The smallest absolute Gasteiger partial charge is 0.247 e. The summed E-state index contributed by atoms with van der Waals surface area (Å²) in [5.41, 5.74) is 1.11. The number of amides is 1. The number of hydrogen-bond donors (Lipinski definition) is 0. The van der Waals surface area contributed by atoms with E-state index in [9.17, 15) is 4.79 Å². The Labute approximate surface area is 147 Å². The number of carbonyl (C=O) groups is 1. The van der Waals surface area contributed by atoms with Crippen LogP contribution in [0.3, 0.4) is 0 Å². The fourth-order valence-corrected chi connectivity index (χ4v) is 4.13. The number of nitrogens with zero attached hydrogens (tertiary/aromatic N) is 4. The van der Waals surface area contributed by atoms with E-state index in [4.69, 9.17) is 4.42 Å². The maximum Gasteiger partial charge on any atom is 0.247 e. The minimum Gasteiger partial charge on any atom is -0.419 e. The SMILES string of the molecule is CC(C)C(=O)N1CC2(CC(c3nnc(-c4ccccc4)o3)N(C)C2)C1. The van der Waals surface area contributed by atoms with E-state index in [1.165, 1.54) is 0 Å². The van der Waals surface area contributed by atoms with Gasteiger partial charge in [0, 0.05) is 36.5 Å². The highest BCUT2D eigenvalue weighted by Gasteiger charge is 2.53. The highest BCUT2D eigenvalue weighted by atomic mass is 16.4. The van der Waals surface area contributed by atoms with Gasteiger partial charge in [0.05, 0.1) is 6.04 Å². The van der Waals surface area contributed by atoms with Crippen LogP contribution in [0, 0.1) is 11.3 Å². The van der Waals surface area contributed by atoms with Crippen molar-refractivity contribution < 1.29 is 9.21 Å². The van der Waals surface area contributed by atoms with Crippen LogP contribution in [0.5, 0.6) is 0 Å². The Bertz CT molecular complexity index is 765. The zero-order valence-corrected chi connectivity index (χ0v) is 15.0. The van der Waals surface area contributed by atoms with Crippen molar-refractivity contribution in [3.63, 3.8) is 0 Å². The minimum absolute atomic E-state index is 0.0663. The van der Waals surface area contributed by atoms with Crippen LogP contribution in [0.2, 0.25) is 0 Å². The zero-order chi connectivity index (χ0) is 17.6. The zero-order valence-electron chi connectivity index (χ0n) is 15.0. The van der Waals surface area contributed by atoms with Gasteiger partial charge in [-0.2, -0.15) is 0 Å². The molecule has 4 rings (SSSR count). The fraction of sp³-hybridized carbons (Fsp3) is 0.526. The molecule has 6 nitrogen and oxygen atoms in total. The maximum absolute atomic E-state index is 12.1. The van der Waals surface area contributed by atoms with Gasteiger partial charge in [-0.25, -0.2) is 0 Å². The van der Waals surface area contributed by atoms with E-state index in [0.29, 0.717) is 11.8 Å². The summed E-state index contributed by atoms with van der Waals surface area (Å²) in [6, 6.07) is 9.96. The standard InChI is InChI=1S/C19H24N4O2/c1-13(2)18(24)23-11-19(12-23)9-15(22(3)10-19)17-21-20-16(25-17)14-7-5-4-6-8-14/h4-8,13,15H,9-12H2,1-3H3. The van der Waals surface area contributed by atoms with Gasteiger partial charge in [0.15, 0.2) is 0 Å². The molecule has 1 amide bonds. The van der Waals surface area contributed by atoms with Gasteiger partial charge in [0.1, 0.15) is 0 Å². The van der Waals surface area contributed by atoms with Gasteiger partial charge in [-0.15, -0.1) is 10.2 Å². The van der Waals surface area contributed by atoms with Crippen molar-refractivity contribution in [3.8, 4) is 11.5 Å². The third kappa shape index (κ3) is 2.84. The summed E-state index contributed by atoms with van der Waals surface area (Å²) in [5, 5.41) is 8.51. The van der Waals surface area contributed by atoms with Gasteiger partial charge in [0.25, 0.3) is 0 Å². The van der Waals surface area contributed by atoms with Crippen LogP contribution in [-0.2, 0) is 4.79 Å². The monoisotopic (exact) mass is 340 g/mol. The summed E-state index contributed by atoms with van der Waals surface area (Å²) in [5.74, 6) is 1.56. The van der Waals surface area contributed by atoms with Gasteiger partial charge in [-0.3, -0.25) is 9.69 Å². The molecule has 2 fully saturated rings. The van der Waals surface area contributed by atoms with Crippen LogP contribution >= 0.6 is 0 Å². The van der Waals surface area contributed by atoms with E-state index in [-0.39, 0.29) is 23.3 Å². The van der Waals surface area contributed by atoms with Crippen molar-refractivity contribution >= 4 is 5.91 Å². The molecule has 132 valence electrons. The normalized spacial score (nSPS) is 22.6. The third-order valence-corrected chi connectivity index (χ3v) is 5.35. The number of benzene rings is 1. The van der Waals surface area contributed by atoms with Crippen LogP contribution in [-0.4, -0.2) is 52.6 Å². The van der Waals surface area contributed by atoms with E-state index in [0.717, 1.165) is 31.6 Å². The number of rotatable bonds is 3. The summed E-state index contributed by atoms with van der Waals surface area (Å²) < 4.78 is 5.95. The molecule has 6 heteroatoms. The van der Waals surface area contributed by atoms with E-state index < -0.39 is 0 Å². The largest absolute Gasteiger partial charge is 0.419 e. The molecule has 0 N–H and O–H groups in total. The Balaban J connectivity index is 1.47. The molecule has 2 aliphatic heterocycles. The molecule has 0 saturated carbocycles. The van der Waals surface area contributed by atoms with E-state index in [2.05, 4.69) is 22.1 Å². The first-order valence-electron chi connectivity index (χ1n) is 8.85. The third-order valence-electron chi connectivity index (χ3n) is 5.35. The minimum atomic E-state index is 0.0663. The molecular weight excluding hydrogens is 316 g/mol. The average molecular weight is 340 g/mol. The van der Waals surface area contributed by atoms with E-state index in [1.807, 2.05) is 49.1 Å². The molecule has 0 aliphatic carbocycles. The Morgan fingerprint density at radius 3 is 2.60 bits per heavy atom. The van der Waals surface area contributed by atoms with Crippen molar-refractivity contribution in [2.45, 2.75) is 26.3 Å². The summed E-state index contributed by atoms with van der Waals surface area (Å²) in [6.45, 7) is 6.55. The summed E-state index contributed by atoms with van der Waals surface area (Å²) in [6.07, 6.45) is 0.960. The second-order valence-electron chi connectivity index (χ2n) is 7.80. The van der Waals surface area contributed by atoms with Gasteiger partial charge < -0.3 is 9.32 Å². The number of carbonyl (C=O) groups excluding carboxylic acids is 1. The lowest BCUT2D eigenvalue weighted by Gasteiger charge is -2.48. The highest BCUT2D eigenvalue weighted by Crippen LogP contribution is 2.47. The van der Waals surface area contributed by atoms with Gasteiger partial charge in [-0.05, 0) is 25.6 Å². The highest BCUT2D eigenvalue weighted by molar-refractivity contribution is 5.79. The lowest BCUT2D eigenvalue weighted by molar-refractivity contribution is -0.146. The van der Waals surface area contributed by atoms with E-state index >= 15 is 0 Å². The first kappa shape index (κ1) is 16.3. The molecule has 1 aromatic carbocycles. The molecule has 25 heavy (non-hydrogen) atoms. The van der Waals surface area contributed by atoms with Gasteiger partial charge in [0.2, 0.25) is 17.7 Å². The van der Waals surface area contributed by atoms with Crippen molar-refractivity contribution in [2.24, 2.45) is 11.3 Å². The molecule has 0 radical (unpaired) electrons. The average Bonchev–Trinajstić information content (AvgIpc) is 3.18. The first-order chi connectivity index (χ1) is 12.0. The molecular formula is C19H24N4O2. The van der Waals surface area contributed by atoms with Crippen molar-refractivity contribution in [1.82, 2.24) is 20.0 Å². The van der Waals surface area contributed by atoms with Crippen LogP contribution in [0.25, 0.3) is 11.5 Å². The molecule has 2 aromatic rings. The molecule has 0 bridgehead atoms. The summed E-state index contributed by atoms with van der Waals surface area (Å²) in [7, 11) is 2.10. The molecule has 1 spiro atoms. The molecule has 2 aliphatic rings. The molecule has 1 aromatic heterocycles. The van der Waals surface area contributed by atoms with Crippen molar-refractivity contribution in [2.75, 3.05) is 26.7 Å². The Morgan fingerprint density at radius 1 is 1.20 bits per heavy atom. The van der Waals surface area contributed by atoms with Gasteiger partial charge in [-0.1, -0.05) is 32.0 Å². The van der Waals surface area contributed by atoms with Crippen LogP contribution < -0.4 is 0 Å². The Hall–Kier alpha value is -2.21. The van der Waals surface area contributed by atoms with E-state index in [1.54, 1.807) is 0 Å². The number of aromatic nitrogens is 2. The molecule has 1 atom stereocenters. The first-order valence-corrected chi connectivity index (χ1v) is 8.85.